The Bertz CT molecular complexity index is 491. The second kappa shape index (κ2) is 4.44. The number of rotatable bonds is 2. The van der Waals surface area contributed by atoms with Crippen LogP contribution in [0.3, 0.4) is 0 Å². The second-order valence-corrected chi connectivity index (χ2v) is 3.30. The maximum atomic E-state index is 8.53. The minimum Gasteiger partial charge on any atom is -0.409 e. The van der Waals surface area contributed by atoms with Crippen molar-refractivity contribution in [2.75, 3.05) is 0 Å². The van der Waals surface area contributed by atoms with Gasteiger partial charge in [-0.1, -0.05) is 29.4 Å². The molecule has 0 saturated heterocycles. The fraction of sp³-hybridized carbons (Fsp3) is 0. The number of hydrogen-bond donors (Lipinski definition) is 2. The largest absolute Gasteiger partial charge is 0.409 e. The maximum absolute atomic E-state index is 8.53. The summed E-state index contributed by atoms with van der Waals surface area (Å²) in [5, 5.41) is 11.5. The minimum absolute atomic E-state index is 0.112. The first kappa shape index (κ1) is 10.2. The van der Waals surface area contributed by atoms with Crippen LogP contribution in [0.4, 0.5) is 0 Å². The molecule has 16 heavy (non-hydrogen) atoms. The van der Waals surface area contributed by atoms with Crippen molar-refractivity contribution in [3.8, 4) is 11.1 Å². The van der Waals surface area contributed by atoms with Gasteiger partial charge in [0.25, 0.3) is 0 Å². The summed E-state index contributed by atoms with van der Waals surface area (Å²) in [5.41, 5.74) is 8.32. The topological polar surface area (TPSA) is 71.5 Å². The molecule has 2 aromatic rings. The first-order valence-electron chi connectivity index (χ1n) is 4.79. The third kappa shape index (κ3) is 2.00. The van der Waals surface area contributed by atoms with Crippen molar-refractivity contribution in [1.29, 1.82) is 0 Å². The fourth-order valence-corrected chi connectivity index (χ4v) is 1.44. The SMILES string of the molecule is NC(=NO)c1ccc(-c2ccncc2)cc1. The van der Waals surface area contributed by atoms with Gasteiger partial charge in [0.05, 0.1) is 0 Å². The molecule has 0 unspecified atom stereocenters. The predicted molar refractivity (Wildman–Crippen MR) is 62.2 cm³/mol. The van der Waals surface area contributed by atoms with Gasteiger partial charge in [-0.15, -0.1) is 0 Å². The molecule has 0 spiro atoms. The van der Waals surface area contributed by atoms with Crippen LogP contribution in [-0.2, 0) is 0 Å². The Morgan fingerprint density at radius 3 is 2.12 bits per heavy atom. The molecule has 4 nitrogen and oxygen atoms in total. The summed E-state index contributed by atoms with van der Waals surface area (Å²) in [4.78, 5) is 3.96. The van der Waals surface area contributed by atoms with Crippen molar-refractivity contribution in [1.82, 2.24) is 4.98 Å². The van der Waals surface area contributed by atoms with E-state index in [1.807, 2.05) is 36.4 Å². The number of nitrogens with zero attached hydrogens (tertiary/aromatic N) is 2. The van der Waals surface area contributed by atoms with Gasteiger partial charge < -0.3 is 10.9 Å². The Hall–Kier alpha value is -2.36. The summed E-state index contributed by atoms with van der Waals surface area (Å²) in [7, 11) is 0. The normalized spacial score (nSPS) is 11.4. The number of benzene rings is 1. The van der Waals surface area contributed by atoms with Gasteiger partial charge in [0.1, 0.15) is 0 Å². The zero-order valence-corrected chi connectivity index (χ0v) is 8.54. The van der Waals surface area contributed by atoms with E-state index in [1.165, 1.54) is 0 Å². The Morgan fingerprint density at radius 2 is 1.56 bits per heavy atom. The van der Waals surface area contributed by atoms with Crippen LogP contribution in [0, 0.1) is 0 Å². The van der Waals surface area contributed by atoms with Gasteiger partial charge in [-0.2, -0.15) is 0 Å². The monoisotopic (exact) mass is 213 g/mol. The van der Waals surface area contributed by atoms with Crippen LogP contribution in [0.5, 0.6) is 0 Å². The van der Waals surface area contributed by atoms with E-state index in [0.717, 1.165) is 11.1 Å². The average molecular weight is 213 g/mol. The van der Waals surface area contributed by atoms with E-state index in [0.29, 0.717) is 5.56 Å². The molecule has 2 rings (SSSR count). The van der Waals surface area contributed by atoms with Crippen LogP contribution in [0.2, 0.25) is 0 Å². The highest BCUT2D eigenvalue weighted by Gasteiger charge is 2.00. The molecule has 1 aromatic heterocycles. The summed E-state index contributed by atoms with van der Waals surface area (Å²) < 4.78 is 0. The van der Waals surface area contributed by atoms with Crippen molar-refractivity contribution in [2.24, 2.45) is 10.9 Å². The van der Waals surface area contributed by atoms with E-state index in [1.54, 1.807) is 12.4 Å². The summed E-state index contributed by atoms with van der Waals surface area (Å²) in [6.45, 7) is 0. The molecule has 0 amide bonds. The zero-order valence-electron chi connectivity index (χ0n) is 8.54. The van der Waals surface area contributed by atoms with Crippen LogP contribution in [-0.4, -0.2) is 16.0 Å². The third-order valence-electron chi connectivity index (χ3n) is 2.30. The molecule has 0 bridgehead atoms. The molecule has 0 atom stereocenters. The van der Waals surface area contributed by atoms with E-state index in [9.17, 15) is 0 Å². The summed E-state index contributed by atoms with van der Waals surface area (Å²) >= 11 is 0. The Balaban J connectivity index is 2.34. The summed E-state index contributed by atoms with van der Waals surface area (Å²) in [6, 6.07) is 11.3. The minimum atomic E-state index is 0.112. The van der Waals surface area contributed by atoms with Crippen molar-refractivity contribution < 1.29 is 5.21 Å². The lowest BCUT2D eigenvalue weighted by Gasteiger charge is -2.02. The van der Waals surface area contributed by atoms with Crippen molar-refractivity contribution in [3.63, 3.8) is 0 Å². The number of amidine groups is 1. The molecule has 0 aliphatic rings. The lowest BCUT2D eigenvalue weighted by Crippen LogP contribution is -2.12. The molecule has 80 valence electrons. The summed E-state index contributed by atoms with van der Waals surface area (Å²) in [5.74, 6) is 0.112. The number of oxime groups is 1. The number of hydrogen-bond acceptors (Lipinski definition) is 3. The highest BCUT2D eigenvalue weighted by Crippen LogP contribution is 2.18. The lowest BCUT2D eigenvalue weighted by atomic mass is 10.1. The maximum Gasteiger partial charge on any atom is 0.170 e. The van der Waals surface area contributed by atoms with Gasteiger partial charge in [0.15, 0.2) is 5.84 Å². The first-order valence-corrected chi connectivity index (χ1v) is 4.79. The molecule has 1 heterocycles. The van der Waals surface area contributed by atoms with Gasteiger partial charge in [-0.05, 0) is 23.3 Å². The van der Waals surface area contributed by atoms with Crippen LogP contribution in [0.1, 0.15) is 5.56 Å². The van der Waals surface area contributed by atoms with Crippen LogP contribution >= 0.6 is 0 Å². The molecular weight excluding hydrogens is 202 g/mol. The van der Waals surface area contributed by atoms with Crippen LogP contribution in [0.15, 0.2) is 53.9 Å². The van der Waals surface area contributed by atoms with E-state index >= 15 is 0 Å². The van der Waals surface area contributed by atoms with Gasteiger partial charge in [-0.25, -0.2) is 0 Å². The third-order valence-corrected chi connectivity index (χ3v) is 2.30. The average Bonchev–Trinajstić information content (AvgIpc) is 2.39. The molecule has 0 radical (unpaired) electrons. The van der Waals surface area contributed by atoms with Crippen molar-refractivity contribution in [3.05, 3.63) is 54.4 Å². The highest BCUT2D eigenvalue weighted by molar-refractivity contribution is 5.97. The highest BCUT2D eigenvalue weighted by atomic mass is 16.4. The zero-order chi connectivity index (χ0) is 11.4. The van der Waals surface area contributed by atoms with Crippen molar-refractivity contribution >= 4 is 5.84 Å². The number of aromatic nitrogens is 1. The van der Waals surface area contributed by atoms with Gasteiger partial charge >= 0.3 is 0 Å². The Kier molecular flexibility index (Phi) is 2.82. The van der Waals surface area contributed by atoms with Crippen molar-refractivity contribution in [2.45, 2.75) is 0 Å². The molecule has 0 fully saturated rings. The van der Waals surface area contributed by atoms with E-state index in [-0.39, 0.29) is 5.84 Å². The number of pyridine rings is 1. The smallest absolute Gasteiger partial charge is 0.170 e. The fourth-order valence-electron chi connectivity index (χ4n) is 1.44. The van der Waals surface area contributed by atoms with Crippen LogP contribution < -0.4 is 5.73 Å². The standard InChI is InChI=1S/C12H11N3O/c13-12(15-16)11-3-1-9(2-4-11)10-5-7-14-8-6-10/h1-8,16H,(H2,13,15). The molecule has 3 N–H and O–H groups in total. The van der Waals surface area contributed by atoms with Gasteiger partial charge in [0.2, 0.25) is 0 Å². The molecule has 0 saturated carbocycles. The molecule has 0 aliphatic heterocycles. The first-order chi connectivity index (χ1) is 7.81. The van der Waals surface area contributed by atoms with Gasteiger partial charge in [-0.3, -0.25) is 4.98 Å². The van der Waals surface area contributed by atoms with E-state index < -0.39 is 0 Å². The predicted octanol–water partition coefficient (Wildman–Crippen LogP) is 1.84. The Labute approximate surface area is 93.1 Å². The molecule has 4 heteroatoms. The Morgan fingerprint density at radius 1 is 1.00 bits per heavy atom. The van der Waals surface area contributed by atoms with E-state index in [2.05, 4.69) is 10.1 Å². The number of nitrogens with two attached hydrogens (primary N) is 1. The van der Waals surface area contributed by atoms with E-state index in [4.69, 9.17) is 10.9 Å². The summed E-state index contributed by atoms with van der Waals surface area (Å²) in [6.07, 6.45) is 3.49. The quantitative estimate of drug-likeness (QED) is 0.346. The molecule has 1 aromatic carbocycles. The second-order valence-electron chi connectivity index (χ2n) is 3.30. The molecular formula is C12H11N3O. The van der Waals surface area contributed by atoms with Gasteiger partial charge in [0, 0.05) is 18.0 Å². The lowest BCUT2D eigenvalue weighted by molar-refractivity contribution is 0.318. The molecule has 0 aliphatic carbocycles. The van der Waals surface area contributed by atoms with Crippen LogP contribution in [0.25, 0.3) is 11.1 Å².